The molecule has 1 aromatic rings. The van der Waals surface area contributed by atoms with Crippen LogP contribution < -0.4 is 4.29 Å². The van der Waals surface area contributed by atoms with E-state index in [0.717, 1.165) is 18.5 Å². The molecule has 0 aromatic heterocycles. The Morgan fingerprint density at radius 3 is 3.00 bits per heavy atom. The first-order valence-electron chi connectivity index (χ1n) is 4.39. The van der Waals surface area contributed by atoms with E-state index in [0.29, 0.717) is 11.3 Å². The summed E-state index contributed by atoms with van der Waals surface area (Å²) in [7, 11) is 1.79. The van der Waals surface area contributed by atoms with E-state index in [-0.39, 0.29) is 5.91 Å². The van der Waals surface area contributed by atoms with E-state index in [1.54, 1.807) is 24.1 Å². The molecule has 0 N–H and O–H groups in total. The summed E-state index contributed by atoms with van der Waals surface area (Å²) in [6.07, 6.45) is 0.889. The molecular formula is C10H10ClNO2. The predicted octanol–water partition coefficient (Wildman–Crippen LogP) is 1.85. The molecule has 1 aliphatic heterocycles. The van der Waals surface area contributed by atoms with Crippen LogP contribution in [-0.2, 0) is 6.42 Å². The molecule has 0 saturated carbocycles. The SMILES string of the molecule is CN1CCc2ccc(OCl)cc2C1=O. The Hall–Kier alpha value is -1.22. The molecule has 2 rings (SSSR count). The fraction of sp³-hybridized carbons (Fsp3) is 0.300. The van der Waals surface area contributed by atoms with Gasteiger partial charge < -0.3 is 9.19 Å². The number of hydrogen-bond acceptors (Lipinski definition) is 2. The zero-order valence-electron chi connectivity index (χ0n) is 7.79. The number of likely N-dealkylation sites (N-methyl/N-ethyl adjacent to an activating group) is 1. The Labute approximate surface area is 87.4 Å². The number of carbonyl (C=O) groups excluding carboxylic acids is 1. The second-order valence-electron chi connectivity index (χ2n) is 3.37. The quantitative estimate of drug-likeness (QED) is 0.710. The second kappa shape index (κ2) is 3.50. The summed E-state index contributed by atoms with van der Waals surface area (Å²) in [6, 6.07) is 5.34. The first kappa shape index (κ1) is 9.34. The molecule has 1 heterocycles. The number of benzene rings is 1. The Bertz CT molecular complexity index is 378. The summed E-state index contributed by atoms with van der Waals surface area (Å²) in [5, 5.41) is 0. The van der Waals surface area contributed by atoms with Gasteiger partial charge >= 0.3 is 0 Å². The van der Waals surface area contributed by atoms with Crippen LogP contribution in [0.5, 0.6) is 5.75 Å². The third-order valence-corrected chi connectivity index (χ3v) is 2.64. The third kappa shape index (κ3) is 1.44. The summed E-state index contributed by atoms with van der Waals surface area (Å²) in [5.41, 5.74) is 1.75. The molecule has 14 heavy (non-hydrogen) atoms. The van der Waals surface area contributed by atoms with Crippen molar-refractivity contribution in [2.24, 2.45) is 0 Å². The molecule has 0 atom stereocenters. The van der Waals surface area contributed by atoms with Gasteiger partial charge in [-0.05, 0) is 24.1 Å². The fourth-order valence-electron chi connectivity index (χ4n) is 1.62. The van der Waals surface area contributed by atoms with Crippen molar-refractivity contribution in [3.05, 3.63) is 29.3 Å². The smallest absolute Gasteiger partial charge is 0.254 e. The maximum absolute atomic E-state index is 11.7. The maximum atomic E-state index is 11.7. The molecule has 0 unspecified atom stereocenters. The van der Waals surface area contributed by atoms with Crippen molar-refractivity contribution >= 4 is 17.8 Å². The first-order chi connectivity index (χ1) is 6.72. The molecule has 0 saturated heterocycles. The van der Waals surface area contributed by atoms with Gasteiger partial charge in [0.25, 0.3) is 5.91 Å². The van der Waals surface area contributed by atoms with Crippen LogP contribution in [0, 0.1) is 0 Å². The molecule has 0 spiro atoms. The number of amides is 1. The van der Waals surface area contributed by atoms with Crippen molar-refractivity contribution in [1.82, 2.24) is 4.90 Å². The van der Waals surface area contributed by atoms with Gasteiger partial charge in [-0.3, -0.25) is 4.79 Å². The fourth-order valence-corrected chi connectivity index (χ4v) is 1.71. The standard InChI is InChI=1S/C10H10ClNO2/c1-12-5-4-7-2-3-8(14-11)6-9(7)10(12)13/h2-3,6H,4-5H2,1H3. The maximum Gasteiger partial charge on any atom is 0.254 e. The number of carbonyl (C=O) groups is 1. The van der Waals surface area contributed by atoms with Gasteiger partial charge in [-0.1, -0.05) is 6.07 Å². The lowest BCUT2D eigenvalue weighted by Gasteiger charge is -2.24. The Morgan fingerprint density at radius 1 is 1.50 bits per heavy atom. The Morgan fingerprint density at radius 2 is 2.29 bits per heavy atom. The number of fused-ring (bicyclic) bond motifs is 1. The van der Waals surface area contributed by atoms with E-state index in [4.69, 9.17) is 11.9 Å². The molecule has 3 nitrogen and oxygen atoms in total. The average Bonchev–Trinajstić information content (AvgIpc) is 2.23. The molecule has 1 aromatic carbocycles. The summed E-state index contributed by atoms with van der Waals surface area (Å²) in [5.74, 6) is 0.538. The minimum Gasteiger partial charge on any atom is -0.386 e. The van der Waals surface area contributed by atoms with E-state index in [2.05, 4.69) is 4.29 Å². The van der Waals surface area contributed by atoms with Crippen molar-refractivity contribution in [2.45, 2.75) is 6.42 Å². The summed E-state index contributed by atoms with van der Waals surface area (Å²) >= 11 is 5.23. The van der Waals surface area contributed by atoms with Crippen LogP contribution in [0.25, 0.3) is 0 Å². The molecule has 1 amide bonds. The molecule has 74 valence electrons. The van der Waals surface area contributed by atoms with E-state index in [9.17, 15) is 4.79 Å². The molecular weight excluding hydrogens is 202 g/mol. The first-order valence-corrected chi connectivity index (χ1v) is 4.70. The van der Waals surface area contributed by atoms with Crippen molar-refractivity contribution in [2.75, 3.05) is 13.6 Å². The largest absolute Gasteiger partial charge is 0.386 e. The van der Waals surface area contributed by atoms with Gasteiger partial charge in [0.15, 0.2) is 0 Å². The van der Waals surface area contributed by atoms with Gasteiger partial charge in [-0.2, -0.15) is 0 Å². The van der Waals surface area contributed by atoms with Gasteiger partial charge in [0.1, 0.15) is 17.6 Å². The monoisotopic (exact) mass is 211 g/mol. The number of rotatable bonds is 1. The summed E-state index contributed by atoms with van der Waals surface area (Å²) in [6.45, 7) is 0.771. The van der Waals surface area contributed by atoms with Crippen LogP contribution in [0.2, 0.25) is 0 Å². The van der Waals surface area contributed by atoms with Crippen molar-refractivity contribution < 1.29 is 9.08 Å². The lowest BCUT2D eigenvalue weighted by molar-refractivity contribution is 0.0780. The predicted molar refractivity (Wildman–Crippen MR) is 53.6 cm³/mol. The van der Waals surface area contributed by atoms with Crippen LogP contribution in [0.15, 0.2) is 18.2 Å². The highest BCUT2D eigenvalue weighted by Crippen LogP contribution is 2.23. The molecule has 0 bridgehead atoms. The highest BCUT2D eigenvalue weighted by atomic mass is 35.5. The van der Waals surface area contributed by atoms with E-state index < -0.39 is 0 Å². The highest BCUT2D eigenvalue weighted by Gasteiger charge is 2.21. The van der Waals surface area contributed by atoms with E-state index >= 15 is 0 Å². The average molecular weight is 212 g/mol. The van der Waals surface area contributed by atoms with Gasteiger partial charge in [-0.15, -0.1) is 0 Å². The number of halogens is 1. The van der Waals surface area contributed by atoms with Gasteiger partial charge in [0.05, 0.1) is 0 Å². The lowest BCUT2D eigenvalue weighted by Crippen LogP contribution is -2.34. The zero-order chi connectivity index (χ0) is 10.1. The minimum absolute atomic E-state index is 0.0295. The minimum atomic E-state index is 0.0295. The van der Waals surface area contributed by atoms with Crippen LogP contribution in [0.1, 0.15) is 15.9 Å². The van der Waals surface area contributed by atoms with Gasteiger partial charge in [0.2, 0.25) is 0 Å². The van der Waals surface area contributed by atoms with Gasteiger partial charge in [-0.25, -0.2) is 0 Å². The van der Waals surface area contributed by atoms with E-state index in [1.165, 1.54) is 0 Å². The highest BCUT2D eigenvalue weighted by molar-refractivity contribution is 6.09. The Kier molecular flexibility index (Phi) is 2.33. The van der Waals surface area contributed by atoms with Crippen LogP contribution in [-0.4, -0.2) is 24.4 Å². The number of nitrogens with zero attached hydrogens (tertiary/aromatic N) is 1. The van der Waals surface area contributed by atoms with Gasteiger partial charge in [0, 0.05) is 19.2 Å². The summed E-state index contributed by atoms with van der Waals surface area (Å²) < 4.78 is 4.57. The summed E-state index contributed by atoms with van der Waals surface area (Å²) in [4.78, 5) is 13.4. The van der Waals surface area contributed by atoms with Crippen molar-refractivity contribution in [1.29, 1.82) is 0 Å². The third-order valence-electron chi connectivity index (χ3n) is 2.46. The van der Waals surface area contributed by atoms with Crippen LogP contribution >= 0.6 is 11.9 Å². The molecule has 0 radical (unpaired) electrons. The van der Waals surface area contributed by atoms with E-state index in [1.807, 2.05) is 6.07 Å². The zero-order valence-corrected chi connectivity index (χ0v) is 8.54. The molecule has 1 aliphatic rings. The molecule has 4 heteroatoms. The normalized spacial score (nSPS) is 15.3. The Balaban J connectivity index is 2.46. The molecule has 0 aliphatic carbocycles. The van der Waals surface area contributed by atoms with Crippen molar-refractivity contribution in [3.63, 3.8) is 0 Å². The van der Waals surface area contributed by atoms with Crippen LogP contribution in [0.4, 0.5) is 0 Å². The second-order valence-corrected chi connectivity index (χ2v) is 3.53. The topological polar surface area (TPSA) is 29.5 Å². The molecule has 0 fully saturated rings. The van der Waals surface area contributed by atoms with Crippen molar-refractivity contribution in [3.8, 4) is 5.75 Å². The van der Waals surface area contributed by atoms with Crippen LogP contribution in [0.3, 0.4) is 0 Å². The number of hydrogen-bond donors (Lipinski definition) is 0. The lowest BCUT2D eigenvalue weighted by atomic mass is 9.99.